The molecule has 0 aliphatic carbocycles. The molecule has 2 nitrogen and oxygen atoms in total. The van der Waals surface area contributed by atoms with Gasteiger partial charge in [0.2, 0.25) is 0 Å². The van der Waals surface area contributed by atoms with Crippen molar-refractivity contribution in [2.24, 2.45) is 0 Å². The molecule has 2 rings (SSSR count). The van der Waals surface area contributed by atoms with Gasteiger partial charge in [-0.2, -0.15) is 0 Å². The number of hydrogen-bond donors (Lipinski definition) is 1. The highest BCUT2D eigenvalue weighted by Crippen LogP contribution is 2.22. The van der Waals surface area contributed by atoms with Gasteiger partial charge in [0.15, 0.2) is 0 Å². The van der Waals surface area contributed by atoms with Crippen LogP contribution in [0.25, 0.3) is 0 Å². The maximum absolute atomic E-state index is 8.69. The molecule has 0 atom stereocenters. The van der Waals surface area contributed by atoms with E-state index in [1.54, 1.807) is 11.3 Å². The van der Waals surface area contributed by atoms with Crippen molar-refractivity contribution in [2.45, 2.75) is 26.9 Å². The van der Waals surface area contributed by atoms with E-state index in [2.05, 4.69) is 43.9 Å². The quantitative estimate of drug-likeness (QED) is 0.869. The molecule has 1 heterocycles. The first kappa shape index (κ1) is 14.6. The molecule has 0 fully saturated rings. The van der Waals surface area contributed by atoms with Crippen molar-refractivity contribution in [3.05, 3.63) is 51.2 Å². The Bertz CT molecular complexity index is 632. The maximum Gasteiger partial charge on any atom is 0.123 e. The van der Waals surface area contributed by atoms with Crippen molar-refractivity contribution < 1.29 is 9.84 Å². The number of thiophene rings is 1. The molecule has 3 heteroatoms. The van der Waals surface area contributed by atoms with Crippen molar-refractivity contribution in [1.29, 1.82) is 0 Å². The van der Waals surface area contributed by atoms with E-state index in [1.807, 2.05) is 11.4 Å². The molecule has 2 aromatic rings. The highest BCUT2D eigenvalue weighted by molar-refractivity contribution is 7.10. The van der Waals surface area contributed by atoms with Gasteiger partial charge < -0.3 is 9.84 Å². The fourth-order valence-electron chi connectivity index (χ4n) is 1.75. The number of benzene rings is 1. The van der Waals surface area contributed by atoms with Crippen LogP contribution in [0.15, 0.2) is 29.6 Å². The number of aliphatic hydroxyl groups excluding tert-OH is 1. The van der Waals surface area contributed by atoms with Crippen LogP contribution < -0.4 is 4.74 Å². The summed E-state index contributed by atoms with van der Waals surface area (Å²) in [6, 6.07) is 8.26. The van der Waals surface area contributed by atoms with Crippen LogP contribution in [0.2, 0.25) is 0 Å². The Kier molecular flexibility index (Phi) is 5.23. The highest BCUT2D eigenvalue weighted by atomic mass is 32.1. The minimum absolute atomic E-state index is 0.111. The molecule has 0 spiro atoms. The largest absolute Gasteiger partial charge is 0.488 e. The molecule has 0 unspecified atom stereocenters. The Morgan fingerprint density at radius 1 is 1.25 bits per heavy atom. The van der Waals surface area contributed by atoms with Crippen LogP contribution in [-0.2, 0) is 6.61 Å². The number of hydrogen-bond acceptors (Lipinski definition) is 3. The smallest absolute Gasteiger partial charge is 0.123 e. The fraction of sp³-hybridized carbons (Fsp3) is 0.294. The van der Waals surface area contributed by atoms with E-state index in [9.17, 15) is 0 Å². The van der Waals surface area contributed by atoms with Crippen LogP contribution in [0.4, 0.5) is 0 Å². The molecule has 1 aromatic carbocycles. The molecular formula is C17H18O2S. The number of aliphatic hydroxyl groups is 1. The van der Waals surface area contributed by atoms with Crippen molar-refractivity contribution in [2.75, 3.05) is 6.61 Å². The Hall–Kier alpha value is -1.76. The standard InChI is InChI=1S/C17H18O2S/c1-13-6-7-14(2)17(9-13)19-11-16-10-15(12-20-16)5-3-4-8-18/h6-7,9-10,12,18H,4,8,11H2,1-2H3. The van der Waals surface area contributed by atoms with Crippen LogP contribution >= 0.6 is 11.3 Å². The lowest BCUT2D eigenvalue weighted by Crippen LogP contribution is -1.95. The molecule has 0 bridgehead atoms. The van der Waals surface area contributed by atoms with Crippen LogP contribution in [0.3, 0.4) is 0 Å². The van der Waals surface area contributed by atoms with Crippen molar-refractivity contribution in [3.8, 4) is 17.6 Å². The summed E-state index contributed by atoms with van der Waals surface area (Å²) in [6.45, 7) is 4.79. The third kappa shape index (κ3) is 4.12. The Morgan fingerprint density at radius 2 is 2.10 bits per heavy atom. The van der Waals surface area contributed by atoms with Gasteiger partial charge in [-0.25, -0.2) is 0 Å². The number of rotatable bonds is 4. The molecular weight excluding hydrogens is 268 g/mol. The van der Waals surface area contributed by atoms with E-state index in [1.165, 1.54) is 5.56 Å². The van der Waals surface area contributed by atoms with Gasteiger partial charge in [-0.1, -0.05) is 24.0 Å². The van der Waals surface area contributed by atoms with E-state index in [4.69, 9.17) is 9.84 Å². The molecule has 20 heavy (non-hydrogen) atoms. The zero-order valence-corrected chi connectivity index (χ0v) is 12.6. The van der Waals surface area contributed by atoms with E-state index in [0.717, 1.165) is 21.8 Å². The van der Waals surface area contributed by atoms with Crippen LogP contribution in [-0.4, -0.2) is 11.7 Å². The zero-order valence-electron chi connectivity index (χ0n) is 11.8. The van der Waals surface area contributed by atoms with E-state index in [-0.39, 0.29) is 6.61 Å². The van der Waals surface area contributed by atoms with Crippen LogP contribution in [0.5, 0.6) is 5.75 Å². The molecule has 104 valence electrons. The van der Waals surface area contributed by atoms with Crippen molar-refractivity contribution in [3.63, 3.8) is 0 Å². The third-order valence-corrected chi connectivity index (χ3v) is 3.75. The second-order valence-electron chi connectivity index (χ2n) is 4.63. The van der Waals surface area contributed by atoms with E-state index in [0.29, 0.717) is 13.0 Å². The lowest BCUT2D eigenvalue weighted by atomic mass is 10.1. The predicted molar refractivity (Wildman–Crippen MR) is 83.1 cm³/mol. The zero-order chi connectivity index (χ0) is 14.4. The predicted octanol–water partition coefficient (Wildman–Crippen LogP) is 3.68. The summed E-state index contributed by atoms with van der Waals surface area (Å²) in [5, 5.41) is 10.7. The first-order valence-corrected chi connectivity index (χ1v) is 7.44. The summed E-state index contributed by atoms with van der Waals surface area (Å²) in [4.78, 5) is 1.15. The summed E-state index contributed by atoms with van der Waals surface area (Å²) < 4.78 is 5.86. The molecule has 0 saturated carbocycles. The molecule has 0 radical (unpaired) electrons. The van der Waals surface area contributed by atoms with Gasteiger partial charge in [0.05, 0.1) is 6.61 Å². The third-order valence-electron chi connectivity index (χ3n) is 2.84. The number of ether oxygens (including phenoxy) is 1. The lowest BCUT2D eigenvalue weighted by molar-refractivity contribution is 0.305. The molecule has 0 aliphatic heterocycles. The SMILES string of the molecule is Cc1ccc(C)c(OCc2cc(C#CCCO)cs2)c1. The van der Waals surface area contributed by atoms with Gasteiger partial charge >= 0.3 is 0 Å². The minimum Gasteiger partial charge on any atom is -0.488 e. The summed E-state index contributed by atoms with van der Waals surface area (Å²) in [6.07, 6.45) is 0.518. The number of aryl methyl sites for hydroxylation is 2. The Balaban J connectivity index is 1.98. The van der Waals surface area contributed by atoms with Crippen molar-refractivity contribution in [1.82, 2.24) is 0 Å². The fourth-order valence-corrected chi connectivity index (χ4v) is 2.48. The second kappa shape index (κ2) is 7.14. The average molecular weight is 286 g/mol. The summed E-state index contributed by atoms with van der Waals surface area (Å²) in [7, 11) is 0. The topological polar surface area (TPSA) is 29.5 Å². The normalized spacial score (nSPS) is 9.95. The van der Waals surface area contributed by atoms with E-state index < -0.39 is 0 Å². The monoisotopic (exact) mass is 286 g/mol. The Morgan fingerprint density at radius 3 is 2.90 bits per heavy atom. The lowest BCUT2D eigenvalue weighted by Gasteiger charge is -2.08. The second-order valence-corrected chi connectivity index (χ2v) is 5.63. The molecule has 1 N–H and O–H groups in total. The molecule has 0 saturated heterocycles. The van der Waals surface area contributed by atoms with Gasteiger partial charge in [-0.15, -0.1) is 11.3 Å². The average Bonchev–Trinajstić information content (AvgIpc) is 2.88. The minimum atomic E-state index is 0.111. The first-order chi connectivity index (χ1) is 9.69. The Labute approximate surface area is 124 Å². The maximum atomic E-state index is 8.69. The van der Waals surface area contributed by atoms with E-state index >= 15 is 0 Å². The first-order valence-electron chi connectivity index (χ1n) is 6.56. The van der Waals surface area contributed by atoms with Gasteiger partial charge in [-0.3, -0.25) is 0 Å². The summed E-state index contributed by atoms with van der Waals surface area (Å²) in [5.74, 6) is 6.89. The van der Waals surface area contributed by atoms with Gasteiger partial charge in [0.25, 0.3) is 0 Å². The van der Waals surface area contributed by atoms with Gasteiger partial charge in [0.1, 0.15) is 12.4 Å². The molecule has 0 aliphatic rings. The molecule has 0 amide bonds. The highest BCUT2D eigenvalue weighted by Gasteiger charge is 2.02. The summed E-state index contributed by atoms with van der Waals surface area (Å²) in [5.41, 5.74) is 3.34. The van der Waals surface area contributed by atoms with Gasteiger partial charge in [0, 0.05) is 22.2 Å². The van der Waals surface area contributed by atoms with Gasteiger partial charge in [-0.05, 0) is 37.1 Å². The van der Waals surface area contributed by atoms with Crippen LogP contribution in [0, 0.1) is 25.7 Å². The van der Waals surface area contributed by atoms with Crippen molar-refractivity contribution >= 4 is 11.3 Å². The summed E-state index contributed by atoms with van der Waals surface area (Å²) >= 11 is 1.65. The van der Waals surface area contributed by atoms with Crippen LogP contribution in [0.1, 0.15) is 28.0 Å². The molecule has 1 aromatic heterocycles.